The summed E-state index contributed by atoms with van der Waals surface area (Å²) in [6.45, 7) is 2.40. The normalized spacial score (nSPS) is 17.8. The van der Waals surface area contributed by atoms with E-state index in [-0.39, 0.29) is 37.0 Å². The minimum Gasteiger partial charge on any atom is -0.456 e. The molecule has 0 saturated carbocycles. The number of aromatic nitrogens is 2. The van der Waals surface area contributed by atoms with Gasteiger partial charge in [0.15, 0.2) is 0 Å². The molecule has 0 saturated heterocycles. The molecule has 3 aliphatic rings. The van der Waals surface area contributed by atoms with Gasteiger partial charge in [0.1, 0.15) is 11.5 Å². The summed E-state index contributed by atoms with van der Waals surface area (Å²) >= 11 is 0. The fourth-order valence-corrected chi connectivity index (χ4v) is 10.1. The fourth-order valence-electron chi connectivity index (χ4n) is 10.1. The van der Waals surface area contributed by atoms with E-state index in [0.29, 0.717) is 0 Å². The fraction of sp³-hybridized carbons (Fsp3) is 0.0800. The minimum atomic E-state index is -0.558. The van der Waals surface area contributed by atoms with Gasteiger partial charge >= 0.3 is 31.1 Å². The zero-order valence-corrected chi connectivity index (χ0v) is 33.8. The summed E-state index contributed by atoms with van der Waals surface area (Å²) in [5.41, 5.74) is 15.2. The predicted molar refractivity (Wildman–Crippen MR) is 214 cm³/mol. The van der Waals surface area contributed by atoms with E-state index < -0.39 is 5.41 Å². The Kier molecular flexibility index (Phi) is 6.94. The molecule has 0 radical (unpaired) electrons. The van der Waals surface area contributed by atoms with Gasteiger partial charge in [-0.1, -0.05) is 97.9 Å². The van der Waals surface area contributed by atoms with Crippen molar-refractivity contribution in [1.29, 1.82) is 0 Å². The van der Waals surface area contributed by atoms with Gasteiger partial charge in [0.25, 0.3) is 0 Å². The van der Waals surface area contributed by atoms with Gasteiger partial charge in [-0.05, 0) is 53.1 Å². The van der Waals surface area contributed by atoms with Crippen molar-refractivity contribution in [3.8, 4) is 28.3 Å². The first-order valence-electron chi connectivity index (χ1n) is 18.5. The molecule has 2 atom stereocenters. The third kappa shape index (κ3) is 4.03. The van der Waals surface area contributed by atoms with Crippen molar-refractivity contribution in [3.63, 3.8) is 0 Å². The van der Waals surface area contributed by atoms with Crippen LogP contribution in [0.2, 0.25) is 0 Å². The molecule has 0 N–H and O–H groups in total. The molecule has 12 rings (SSSR count). The predicted octanol–water partition coefficient (Wildman–Crippen LogP) is 12.0. The van der Waals surface area contributed by atoms with Crippen molar-refractivity contribution in [2.24, 2.45) is 0 Å². The molecule has 0 fully saturated rings. The Morgan fingerprint density at radius 2 is 1.30 bits per heavy atom. The van der Waals surface area contributed by atoms with Crippen LogP contribution in [-0.2, 0) is 5.41 Å². The molecule has 54 heavy (non-hydrogen) atoms. The summed E-state index contributed by atoms with van der Waals surface area (Å²) in [5, 5.41) is 3.76. The van der Waals surface area contributed by atoms with E-state index in [1.807, 2.05) is 18.2 Å². The maximum atomic E-state index is 7.29. The van der Waals surface area contributed by atoms with E-state index in [1.165, 1.54) is 71.9 Å². The average molecular weight is 915 g/mol. The summed E-state index contributed by atoms with van der Waals surface area (Å²) in [6, 6.07) is 64.0. The molecule has 252 valence electrons. The number of nitrogens with zero attached hydrogens (tertiary/aromatic N) is 2. The van der Waals surface area contributed by atoms with Gasteiger partial charge in [-0.3, -0.25) is 0 Å². The quantitative estimate of drug-likeness (QED) is 0.158. The summed E-state index contributed by atoms with van der Waals surface area (Å²) in [4.78, 5) is 0. The number of para-hydroxylation sites is 5. The first-order chi connectivity index (χ1) is 26.2. The van der Waals surface area contributed by atoms with Crippen LogP contribution in [0.25, 0.3) is 61.0 Å². The molecule has 2 aromatic heterocycles. The second-order valence-electron chi connectivity index (χ2n) is 14.7. The van der Waals surface area contributed by atoms with Gasteiger partial charge in [0.2, 0.25) is 0 Å². The summed E-state index contributed by atoms with van der Waals surface area (Å²) in [5.74, 6) is 2.09. The summed E-state index contributed by atoms with van der Waals surface area (Å²) in [7, 11) is 0. The average Bonchev–Trinajstić information content (AvgIpc) is 3.75. The van der Waals surface area contributed by atoms with Crippen LogP contribution >= 0.6 is 0 Å². The molecule has 3 nitrogen and oxygen atoms in total. The number of rotatable bonds is 2. The van der Waals surface area contributed by atoms with Crippen molar-refractivity contribution in [2.75, 3.05) is 0 Å². The molecule has 9 aromatic rings. The van der Waals surface area contributed by atoms with Gasteiger partial charge in [-0.15, -0.1) is 12.1 Å². The van der Waals surface area contributed by atoms with Gasteiger partial charge in [0, 0.05) is 38.9 Å². The summed E-state index contributed by atoms with van der Waals surface area (Å²) in [6.07, 6.45) is 0.843. The van der Waals surface area contributed by atoms with E-state index in [0.717, 1.165) is 34.7 Å². The Bertz CT molecular complexity index is 3040. The Morgan fingerprint density at radius 3 is 2.15 bits per heavy atom. The second-order valence-corrected chi connectivity index (χ2v) is 14.7. The number of allylic oxidation sites excluding steroid dienone is 1. The SMILES string of the molecule is CC1CC2=C(Oc3ccccc3C23c2ccccc2-n2c4ccccc4c4cccc3c42)c2c1n(-c1cc[c-]c(-c3[c-]cccc3)c1)c1ccccc21.[U+2]. The van der Waals surface area contributed by atoms with Gasteiger partial charge in [-0.2, -0.15) is 42.5 Å². The first kappa shape index (κ1) is 31.9. The number of fused-ring (bicyclic) bond motifs is 14. The van der Waals surface area contributed by atoms with Crippen LogP contribution in [0.3, 0.4) is 0 Å². The van der Waals surface area contributed by atoms with Crippen LogP contribution in [0.15, 0.2) is 163 Å². The van der Waals surface area contributed by atoms with Crippen molar-refractivity contribution in [1.82, 2.24) is 9.13 Å². The molecule has 1 spiro atoms. The maximum absolute atomic E-state index is 7.29. The van der Waals surface area contributed by atoms with E-state index in [9.17, 15) is 0 Å². The van der Waals surface area contributed by atoms with Gasteiger partial charge in [-0.25, -0.2) is 11.1 Å². The van der Waals surface area contributed by atoms with Crippen LogP contribution in [0.1, 0.15) is 47.2 Å². The zero-order valence-electron chi connectivity index (χ0n) is 29.6. The minimum absolute atomic E-state index is 0. The third-order valence-corrected chi connectivity index (χ3v) is 12.0. The smallest absolute Gasteiger partial charge is 0.456 e. The number of ether oxygens (including phenoxy) is 1. The van der Waals surface area contributed by atoms with Gasteiger partial charge in [0.05, 0.1) is 27.7 Å². The molecule has 7 aromatic carbocycles. The van der Waals surface area contributed by atoms with Crippen molar-refractivity contribution in [3.05, 3.63) is 203 Å². The Morgan fingerprint density at radius 1 is 0.611 bits per heavy atom. The Hall–Kier alpha value is -5.53. The molecule has 0 amide bonds. The van der Waals surface area contributed by atoms with E-state index >= 15 is 0 Å². The van der Waals surface area contributed by atoms with Crippen LogP contribution < -0.4 is 4.74 Å². The topological polar surface area (TPSA) is 19.1 Å². The van der Waals surface area contributed by atoms with Crippen LogP contribution in [-0.4, -0.2) is 9.13 Å². The number of hydrogen-bond acceptors (Lipinski definition) is 1. The molecule has 2 aliphatic heterocycles. The molecule has 4 heteroatoms. The van der Waals surface area contributed by atoms with Crippen molar-refractivity contribution in [2.45, 2.75) is 24.7 Å². The number of benzene rings is 7. The summed E-state index contributed by atoms with van der Waals surface area (Å²) < 4.78 is 12.3. The molecule has 4 heterocycles. The molecular weight excluding hydrogens is 883 g/mol. The van der Waals surface area contributed by atoms with Crippen LogP contribution in [0, 0.1) is 43.2 Å². The van der Waals surface area contributed by atoms with Crippen LogP contribution in [0.4, 0.5) is 0 Å². The third-order valence-electron chi connectivity index (χ3n) is 12.0. The van der Waals surface area contributed by atoms with E-state index in [4.69, 9.17) is 4.74 Å². The standard InChI is InChI=1S/C50H32N2O.U/c1-31-29-41-49(46-37-20-6-10-26-43(37)51(47(31)46)34-18-13-17-33(30-34)32-15-3-2-4-16-32)53-45-28-12-8-23-39(45)50(41)38-22-7-11-27-44(38)52-42-25-9-5-19-35(42)36-21-14-24-40(50)48(36)52;/h2-15,18-28,30-31H,29H2,1H3;/q-2;+2. The van der Waals surface area contributed by atoms with Gasteiger partial charge < -0.3 is 13.9 Å². The van der Waals surface area contributed by atoms with Crippen molar-refractivity contribution < 1.29 is 35.9 Å². The second kappa shape index (κ2) is 11.7. The Labute approximate surface area is 337 Å². The monoisotopic (exact) mass is 914 g/mol. The van der Waals surface area contributed by atoms with Crippen LogP contribution in [0.5, 0.6) is 5.75 Å². The molecule has 0 bridgehead atoms. The first-order valence-corrected chi connectivity index (χ1v) is 18.5. The van der Waals surface area contributed by atoms with E-state index in [2.05, 4.69) is 168 Å². The van der Waals surface area contributed by atoms with E-state index in [1.54, 1.807) is 0 Å². The molecule has 2 unspecified atom stereocenters. The number of hydrogen-bond donors (Lipinski definition) is 0. The zero-order chi connectivity index (χ0) is 34.8. The molecule has 1 aliphatic carbocycles. The Balaban J connectivity index is 0.00000341. The molecular formula is C50H32N2OU. The maximum Gasteiger partial charge on any atom is 2.00 e. The van der Waals surface area contributed by atoms with Crippen molar-refractivity contribution >= 4 is 38.5 Å². The largest absolute Gasteiger partial charge is 2.00 e.